The first kappa shape index (κ1) is 10.1. The second-order valence-electron chi connectivity index (χ2n) is 2.36. The molecule has 3 N–H and O–H groups in total. The second-order valence-corrected chi connectivity index (χ2v) is 2.72. The second kappa shape index (κ2) is 3.85. The summed E-state index contributed by atoms with van der Waals surface area (Å²) in [6.07, 6.45) is -2.72. The van der Waals surface area contributed by atoms with Crippen LogP contribution in [0.2, 0.25) is 5.15 Å². The third-order valence-electron chi connectivity index (χ3n) is 1.51. The summed E-state index contributed by atoms with van der Waals surface area (Å²) in [5, 5.41) is 8.55. The molecule has 0 unspecified atom stereocenters. The zero-order valence-corrected chi connectivity index (χ0v) is 7.22. The van der Waals surface area contributed by atoms with Crippen LogP contribution >= 0.6 is 11.6 Å². The Bertz CT molecular complexity index is 296. The summed E-state index contributed by atoms with van der Waals surface area (Å²) in [6, 6.07) is 1.00. The number of nitrogen functional groups attached to an aromatic ring is 1. The van der Waals surface area contributed by atoms with E-state index in [1.54, 1.807) is 0 Å². The number of hydrogen-bond acceptors (Lipinski definition) is 3. The van der Waals surface area contributed by atoms with Gasteiger partial charge in [-0.2, -0.15) is 0 Å². The lowest BCUT2D eigenvalue weighted by molar-refractivity contribution is 0.146. The molecule has 0 aliphatic heterocycles. The first-order valence-corrected chi connectivity index (χ1v) is 3.78. The number of halogens is 3. The van der Waals surface area contributed by atoms with E-state index in [9.17, 15) is 8.78 Å². The number of nitrogens with two attached hydrogens (primary N) is 1. The van der Waals surface area contributed by atoms with Crippen LogP contribution in [0.25, 0.3) is 0 Å². The van der Waals surface area contributed by atoms with Crippen LogP contribution in [0.1, 0.15) is 17.7 Å². The van der Waals surface area contributed by atoms with Crippen molar-refractivity contribution in [3.63, 3.8) is 0 Å². The van der Waals surface area contributed by atoms with E-state index < -0.39 is 18.7 Å². The summed E-state index contributed by atoms with van der Waals surface area (Å²) in [6.45, 7) is -0.415. The highest BCUT2D eigenvalue weighted by molar-refractivity contribution is 6.30. The number of rotatable bonds is 2. The zero-order valence-electron chi connectivity index (χ0n) is 6.47. The van der Waals surface area contributed by atoms with Gasteiger partial charge in [-0.25, -0.2) is 13.8 Å². The molecule has 1 heterocycles. The smallest absolute Gasteiger partial charge is 0.280 e. The van der Waals surface area contributed by atoms with E-state index >= 15 is 0 Å². The average Bonchev–Trinajstić information content (AvgIpc) is 2.03. The van der Waals surface area contributed by atoms with Crippen LogP contribution in [-0.2, 0) is 6.61 Å². The Hall–Kier alpha value is -0.940. The van der Waals surface area contributed by atoms with Crippen molar-refractivity contribution >= 4 is 17.3 Å². The average molecular weight is 209 g/mol. The van der Waals surface area contributed by atoms with Crippen molar-refractivity contribution < 1.29 is 13.9 Å². The normalized spacial score (nSPS) is 10.8. The SMILES string of the molecule is Nc1cc(C(F)F)nc(Cl)c1CO. The van der Waals surface area contributed by atoms with Gasteiger partial charge in [0.2, 0.25) is 0 Å². The molecule has 13 heavy (non-hydrogen) atoms. The quantitative estimate of drug-likeness (QED) is 0.728. The molecule has 0 aliphatic carbocycles. The molecule has 1 aromatic heterocycles. The summed E-state index contributed by atoms with van der Waals surface area (Å²) < 4.78 is 24.2. The minimum atomic E-state index is -2.72. The molecular weight excluding hydrogens is 202 g/mol. The van der Waals surface area contributed by atoms with Gasteiger partial charge in [0.05, 0.1) is 6.61 Å². The fourth-order valence-corrected chi connectivity index (χ4v) is 1.11. The maximum atomic E-state index is 12.1. The molecule has 0 fully saturated rings. The van der Waals surface area contributed by atoms with Gasteiger partial charge < -0.3 is 10.8 Å². The predicted octanol–water partition coefficient (Wildman–Crippen LogP) is 1.75. The summed E-state index contributed by atoms with van der Waals surface area (Å²) in [4.78, 5) is 3.38. The Morgan fingerprint density at radius 2 is 2.23 bits per heavy atom. The van der Waals surface area contributed by atoms with Crippen molar-refractivity contribution in [2.24, 2.45) is 0 Å². The van der Waals surface area contributed by atoms with Crippen molar-refractivity contribution in [2.75, 3.05) is 5.73 Å². The van der Waals surface area contributed by atoms with Gasteiger partial charge in [-0.1, -0.05) is 11.6 Å². The lowest BCUT2D eigenvalue weighted by Crippen LogP contribution is -2.01. The lowest BCUT2D eigenvalue weighted by atomic mass is 10.2. The van der Waals surface area contributed by atoms with E-state index in [1.807, 2.05) is 0 Å². The molecule has 0 aliphatic rings. The van der Waals surface area contributed by atoms with Crippen LogP contribution in [-0.4, -0.2) is 10.1 Å². The topological polar surface area (TPSA) is 59.1 Å². The van der Waals surface area contributed by atoms with Crippen LogP contribution in [0, 0.1) is 0 Å². The minimum absolute atomic E-state index is 0.0257. The molecule has 0 atom stereocenters. The van der Waals surface area contributed by atoms with E-state index in [0.717, 1.165) is 6.07 Å². The van der Waals surface area contributed by atoms with Gasteiger partial charge in [-0.3, -0.25) is 0 Å². The first-order chi connectivity index (χ1) is 6.06. The van der Waals surface area contributed by atoms with Crippen molar-refractivity contribution in [3.05, 3.63) is 22.5 Å². The molecule has 0 spiro atoms. The molecule has 0 bridgehead atoms. The van der Waals surface area contributed by atoms with Gasteiger partial charge in [-0.05, 0) is 6.07 Å². The molecule has 0 saturated heterocycles. The largest absolute Gasteiger partial charge is 0.398 e. The lowest BCUT2D eigenvalue weighted by Gasteiger charge is -2.06. The van der Waals surface area contributed by atoms with Gasteiger partial charge in [-0.15, -0.1) is 0 Å². The Labute approximate surface area is 78.1 Å². The highest BCUT2D eigenvalue weighted by Gasteiger charge is 2.14. The van der Waals surface area contributed by atoms with E-state index in [-0.39, 0.29) is 16.4 Å². The molecule has 1 aromatic rings. The summed E-state index contributed by atoms with van der Waals surface area (Å²) >= 11 is 5.49. The van der Waals surface area contributed by atoms with Gasteiger partial charge in [0.1, 0.15) is 10.8 Å². The number of pyridine rings is 1. The van der Waals surface area contributed by atoms with Crippen LogP contribution in [0.15, 0.2) is 6.07 Å². The highest BCUT2D eigenvalue weighted by Crippen LogP contribution is 2.26. The van der Waals surface area contributed by atoms with Crippen molar-refractivity contribution in [1.82, 2.24) is 4.98 Å². The van der Waals surface area contributed by atoms with E-state index in [2.05, 4.69) is 4.98 Å². The number of aromatic nitrogens is 1. The Balaban J connectivity index is 3.20. The molecule has 3 nitrogen and oxygen atoms in total. The van der Waals surface area contributed by atoms with Crippen molar-refractivity contribution in [2.45, 2.75) is 13.0 Å². The predicted molar refractivity (Wildman–Crippen MR) is 44.5 cm³/mol. The molecule has 1 rings (SSSR count). The van der Waals surface area contributed by atoms with Crippen LogP contribution in [0.5, 0.6) is 0 Å². The molecule has 0 radical (unpaired) electrons. The molecule has 0 amide bonds. The third kappa shape index (κ3) is 2.05. The van der Waals surface area contributed by atoms with E-state index in [0.29, 0.717) is 0 Å². The molecule has 6 heteroatoms. The number of nitrogens with zero attached hydrogens (tertiary/aromatic N) is 1. The number of aliphatic hydroxyl groups excluding tert-OH is 1. The van der Waals surface area contributed by atoms with Crippen LogP contribution in [0.4, 0.5) is 14.5 Å². The monoisotopic (exact) mass is 208 g/mol. The first-order valence-electron chi connectivity index (χ1n) is 3.40. The van der Waals surface area contributed by atoms with Crippen LogP contribution < -0.4 is 5.73 Å². The van der Waals surface area contributed by atoms with Gasteiger partial charge >= 0.3 is 0 Å². The van der Waals surface area contributed by atoms with Crippen molar-refractivity contribution in [1.29, 1.82) is 0 Å². The van der Waals surface area contributed by atoms with Gasteiger partial charge in [0.15, 0.2) is 0 Å². The summed E-state index contributed by atoms with van der Waals surface area (Å²) in [7, 11) is 0. The van der Waals surface area contributed by atoms with E-state index in [4.69, 9.17) is 22.4 Å². The third-order valence-corrected chi connectivity index (χ3v) is 1.82. The Morgan fingerprint density at radius 1 is 1.62 bits per heavy atom. The van der Waals surface area contributed by atoms with Crippen LogP contribution in [0.3, 0.4) is 0 Å². The highest BCUT2D eigenvalue weighted by atomic mass is 35.5. The zero-order chi connectivity index (χ0) is 10.0. The maximum Gasteiger partial charge on any atom is 0.280 e. The molecule has 0 aromatic carbocycles. The number of hydrogen-bond donors (Lipinski definition) is 2. The Morgan fingerprint density at radius 3 is 2.62 bits per heavy atom. The molecule has 0 saturated carbocycles. The number of anilines is 1. The van der Waals surface area contributed by atoms with Crippen molar-refractivity contribution in [3.8, 4) is 0 Å². The number of aliphatic hydroxyl groups is 1. The summed E-state index contributed by atoms with van der Waals surface area (Å²) in [5.74, 6) is 0. The standard InChI is InChI=1S/C7H7ClF2N2O/c8-6-3(2-13)4(11)1-5(12-6)7(9)10/h1,7,13H,2H2,(H2,11,12). The van der Waals surface area contributed by atoms with E-state index in [1.165, 1.54) is 0 Å². The minimum Gasteiger partial charge on any atom is -0.398 e. The summed E-state index contributed by atoms with van der Waals surface area (Å²) in [5.41, 5.74) is 5.06. The van der Waals surface area contributed by atoms with Gasteiger partial charge in [0, 0.05) is 11.3 Å². The fraction of sp³-hybridized carbons (Fsp3) is 0.286. The van der Waals surface area contributed by atoms with Gasteiger partial charge in [0.25, 0.3) is 6.43 Å². The molecular formula is C7H7ClF2N2O. The Kier molecular flexibility index (Phi) is 3.00. The number of alkyl halides is 2. The molecule has 72 valence electrons. The fourth-order valence-electron chi connectivity index (χ4n) is 0.847. The maximum absolute atomic E-state index is 12.1.